The number of hydrogen-bond acceptors (Lipinski definition) is 4. The second-order valence-electron chi connectivity index (χ2n) is 3.76. The molecule has 0 aliphatic heterocycles. The maximum Gasteiger partial charge on any atom is 0.322 e. The van der Waals surface area contributed by atoms with Gasteiger partial charge in [0.05, 0.1) is 14.2 Å². The molecule has 3 nitrogen and oxygen atoms in total. The van der Waals surface area contributed by atoms with Gasteiger partial charge in [-0.05, 0) is 37.1 Å². The molecule has 0 aromatic heterocycles. The monoisotopic (exact) mass is 238 g/mol. The fourth-order valence-electron chi connectivity index (χ4n) is 1.52. The minimum absolute atomic E-state index is 0.117. The molecule has 0 spiro atoms. The van der Waals surface area contributed by atoms with Gasteiger partial charge in [0.25, 0.3) is 0 Å². The zero-order chi connectivity index (χ0) is 11.6. The molecular formula is C12H14O3S. The summed E-state index contributed by atoms with van der Waals surface area (Å²) in [4.78, 5) is 12.6. The highest BCUT2D eigenvalue weighted by molar-refractivity contribution is 8.01. The summed E-state index contributed by atoms with van der Waals surface area (Å²) in [6.45, 7) is 0. The number of rotatable bonds is 4. The van der Waals surface area contributed by atoms with Crippen molar-refractivity contribution < 1.29 is 14.3 Å². The van der Waals surface area contributed by atoms with Crippen LogP contribution in [0.3, 0.4) is 0 Å². The number of thioether (sulfide) groups is 1. The minimum atomic E-state index is -0.330. The van der Waals surface area contributed by atoms with Crippen LogP contribution in [0.15, 0.2) is 29.2 Å². The normalized spacial score (nSPS) is 16.6. The summed E-state index contributed by atoms with van der Waals surface area (Å²) in [6.07, 6.45) is 1.80. The maximum atomic E-state index is 11.6. The smallest absolute Gasteiger partial charge is 0.322 e. The summed E-state index contributed by atoms with van der Waals surface area (Å²) in [7, 11) is 3.08. The van der Waals surface area contributed by atoms with Crippen LogP contribution in [0.5, 0.6) is 5.75 Å². The summed E-state index contributed by atoms with van der Waals surface area (Å²) >= 11 is 1.58. The van der Waals surface area contributed by atoms with Crippen LogP contribution in [-0.2, 0) is 9.53 Å². The van der Waals surface area contributed by atoms with Gasteiger partial charge in [0.1, 0.15) is 10.5 Å². The van der Waals surface area contributed by atoms with Gasteiger partial charge in [-0.15, -0.1) is 11.8 Å². The Kier molecular flexibility index (Phi) is 3.10. The van der Waals surface area contributed by atoms with Crippen LogP contribution in [0, 0.1) is 0 Å². The number of benzene rings is 1. The number of carbonyl (C=O) groups is 1. The molecule has 0 N–H and O–H groups in total. The molecule has 2 rings (SSSR count). The Morgan fingerprint density at radius 3 is 2.31 bits per heavy atom. The van der Waals surface area contributed by atoms with Crippen molar-refractivity contribution >= 4 is 17.7 Å². The van der Waals surface area contributed by atoms with Crippen molar-refractivity contribution in [3.63, 3.8) is 0 Å². The molecule has 1 aliphatic carbocycles. The standard InChI is InChI=1S/C12H14O3S/c1-14-9-3-5-10(6-4-9)16-12(7-8-12)11(13)15-2/h3-6H,7-8H2,1-2H3. The lowest BCUT2D eigenvalue weighted by atomic mass is 10.3. The Bertz CT molecular complexity index is 382. The molecule has 0 bridgehead atoms. The van der Waals surface area contributed by atoms with E-state index >= 15 is 0 Å². The molecule has 0 unspecified atom stereocenters. The van der Waals surface area contributed by atoms with Crippen LogP contribution in [-0.4, -0.2) is 24.9 Å². The van der Waals surface area contributed by atoms with Crippen LogP contribution in [0.4, 0.5) is 0 Å². The third kappa shape index (κ3) is 2.16. The largest absolute Gasteiger partial charge is 0.497 e. The van der Waals surface area contributed by atoms with Crippen molar-refractivity contribution in [3.8, 4) is 5.75 Å². The van der Waals surface area contributed by atoms with Crippen molar-refractivity contribution in [3.05, 3.63) is 24.3 Å². The molecule has 1 saturated carbocycles. The van der Waals surface area contributed by atoms with Crippen LogP contribution < -0.4 is 4.74 Å². The van der Waals surface area contributed by atoms with E-state index in [0.29, 0.717) is 0 Å². The molecule has 16 heavy (non-hydrogen) atoms. The molecule has 0 amide bonds. The minimum Gasteiger partial charge on any atom is -0.497 e. The van der Waals surface area contributed by atoms with E-state index in [0.717, 1.165) is 23.5 Å². The molecule has 0 radical (unpaired) electrons. The molecule has 1 aliphatic rings. The van der Waals surface area contributed by atoms with Crippen molar-refractivity contribution in [1.82, 2.24) is 0 Å². The third-order valence-electron chi connectivity index (χ3n) is 2.63. The Labute approximate surface area is 99.1 Å². The zero-order valence-corrected chi connectivity index (χ0v) is 10.2. The molecule has 1 fully saturated rings. The average Bonchev–Trinajstić information content (AvgIpc) is 3.10. The molecule has 0 heterocycles. The van der Waals surface area contributed by atoms with Crippen molar-refractivity contribution in [2.24, 2.45) is 0 Å². The first kappa shape index (κ1) is 11.3. The molecule has 1 aromatic carbocycles. The number of methoxy groups -OCH3 is 2. The summed E-state index contributed by atoms with van der Waals surface area (Å²) in [6, 6.07) is 7.73. The highest BCUT2D eigenvalue weighted by atomic mass is 32.2. The predicted octanol–water partition coefficient (Wildman–Crippen LogP) is 2.49. The Hall–Kier alpha value is -1.16. The second-order valence-corrected chi connectivity index (χ2v) is 5.22. The summed E-state index contributed by atoms with van der Waals surface area (Å²) in [5.41, 5.74) is 0. The summed E-state index contributed by atoms with van der Waals surface area (Å²) in [5.74, 6) is 0.709. The van der Waals surface area contributed by atoms with E-state index in [9.17, 15) is 4.79 Å². The SMILES string of the molecule is COC(=O)C1(Sc2ccc(OC)cc2)CC1. The number of ether oxygens (including phenoxy) is 2. The number of esters is 1. The van der Waals surface area contributed by atoms with Gasteiger partial charge in [0.2, 0.25) is 0 Å². The van der Waals surface area contributed by atoms with E-state index < -0.39 is 0 Å². The molecule has 86 valence electrons. The third-order valence-corrected chi connectivity index (χ3v) is 4.11. The van der Waals surface area contributed by atoms with E-state index in [1.54, 1.807) is 18.9 Å². The highest BCUT2D eigenvalue weighted by Crippen LogP contribution is 2.52. The summed E-state index contributed by atoms with van der Waals surface area (Å²) < 4.78 is 9.56. The maximum absolute atomic E-state index is 11.6. The summed E-state index contributed by atoms with van der Waals surface area (Å²) in [5, 5.41) is 0. The topological polar surface area (TPSA) is 35.5 Å². The number of carbonyl (C=O) groups excluding carboxylic acids is 1. The van der Waals surface area contributed by atoms with Gasteiger partial charge in [-0.2, -0.15) is 0 Å². The lowest BCUT2D eigenvalue weighted by Crippen LogP contribution is -2.19. The second kappa shape index (κ2) is 4.37. The predicted molar refractivity (Wildman–Crippen MR) is 62.8 cm³/mol. The van der Waals surface area contributed by atoms with Crippen LogP contribution in [0.25, 0.3) is 0 Å². The lowest BCUT2D eigenvalue weighted by molar-refractivity contribution is -0.140. The first-order chi connectivity index (χ1) is 7.70. The van der Waals surface area contributed by atoms with Gasteiger partial charge in [-0.25, -0.2) is 0 Å². The highest BCUT2D eigenvalue weighted by Gasteiger charge is 2.52. The quantitative estimate of drug-likeness (QED) is 0.755. The van der Waals surface area contributed by atoms with Crippen molar-refractivity contribution in [1.29, 1.82) is 0 Å². The van der Waals surface area contributed by atoms with E-state index in [4.69, 9.17) is 9.47 Å². The van der Waals surface area contributed by atoms with Gasteiger partial charge < -0.3 is 9.47 Å². The fraction of sp³-hybridized carbons (Fsp3) is 0.417. The molecule has 4 heteroatoms. The van der Waals surface area contributed by atoms with E-state index in [-0.39, 0.29) is 10.7 Å². The van der Waals surface area contributed by atoms with Crippen molar-refractivity contribution in [2.45, 2.75) is 22.5 Å². The van der Waals surface area contributed by atoms with E-state index in [1.807, 2.05) is 24.3 Å². The van der Waals surface area contributed by atoms with Crippen LogP contribution in [0.2, 0.25) is 0 Å². The van der Waals surface area contributed by atoms with Gasteiger partial charge in [0.15, 0.2) is 0 Å². The van der Waals surface area contributed by atoms with Gasteiger partial charge in [-0.3, -0.25) is 4.79 Å². The Morgan fingerprint density at radius 2 is 1.88 bits per heavy atom. The number of hydrogen-bond donors (Lipinski definition) is 0. The first-order valence-electron chi connectivity index (χ1n) is 5.12. The van der Waals surface area contributed by atoms with E-state index in [1.165, 1.54) is 7.11 Å². The average molecular weight is 238 g/mol. The van der Waals surface area contributed by atoms with Gasteiger partial charge in [-0.1, -0.05) is 0 Å². The molecule has 0 saturated heterocycles. The lowest BCUT2D eigenvalue weighted by Gasteiger charge is -2.12. The van der Waals surface area contributed by atoms with Crippen LogP contribution >= 0.6 is 11.8 Å². The Morgan fingerprint density at radius 1 is 1.25 bits per heavy atom. The molecule has 0 atom stereocenters. The Balaban J connectivity index is 2.06. The molecular weight excluding hydrogens is 224 g/mol. The first-order valence-corrected chi connectivity index (χ1v) is 5.93. The molecule has 1 aromatic rings. The zero-order valence-electron chi connectivity index (χ0n) is 9.36. The van der Waals surface area contributed by atoms with Gasteiger partial charge in [0, 0.05) is 4.90 Å². The van der Waals surface area contributed by atoms with Crippen LogP contribution in [0.1, 0.15) is 12.8 Å². The fourth-order valence-corrected chi connectivity index (χ4v) is 2.71. The van der Waals surface area contributed by atoms with E-state index in [2.05, 4.69) is 0 Å². The van der Waals surface area contributed by atoms with Crippen molar-refractivity contribution in [2.75, 3.05) is 14.2 Å². The van der Waals surface area contributed by atoms with Gasteiger partial charge >= 0.3 is 5.97 Å².